The van der Waals surface area contributed by atoms with Crippen molar-refractivity contribution in [3.8, 4) is 16.9 Å². The van der Waals surface area contributed by atoms with Gasteiger partial charge in [0.05, 0.1) is 6.10 Å². The predicted molar refractivity (Wildman–Crippen MR) is 82.3 cm³/mol. The molecule has 1 saturated heterocycles. The Bertz CT molecular complexity index is 676. The molecule has 122 valence electrons. The lowest BCUT2D eigenvalue weighted by atomic mass is 10.1. The molecule has 1 aliphatic heterocycles. The normalized spacial score (nSPS) is 27.7. The van der Waals surface area contributed by atoms with Gasteiger partial charge < -0.3 is 20.1 Å². The van der Waals surface area contributed by atoms with Gasteiger partial charge in [-0.05, 0) is 23.8 Å². The summed E-state index contributed by atoms with van der Waals surface area (Å²) >= 11 is 1.10. The van der Waals surface area contributed by atoms with E-state index in [9.17, 15) is 19.7 Å². The minimum absolute atomic E-state index is 0.126. The van der Waals surface area contributed by atoms with Crippen LogP contribution in [0.5, 0.6) is 5.75 Å². The van der Waals surface area contributed by atoms with Crippen LogP contribution in [-0.2, 0) is 0 Å². The van der Waals surface area contributed by atoms with Crippen molar-refractivity contribution in [1.29, 1.82) is 0 Å². The zero-order chi connectivity index (χ0) is 16.4. The molecule has 0 unspecified atom stereocenters. The Morgan fingerprint density at radius 1 is 1.13 bits per heavy atom. The highest BCUT2D eigenvalue weighted by molar-refractivity contribution is 7.99. The number of aliphatic hydroxyl groups excluding tert-OH is 3. The number of ether oxygens (including phenoxy) is 1. The van der Waals surface area contributed by atoms with Crippen molar-refractivity contribution in [2.45, 2.75) is 23.7 Å². The van der Waals surface area contributed by atoms with Gasteiger partial charge >= 0.3 is 0 Å². The van der Waals surface area contributed by atoms with Gasteiger partial charge in [0.2, 0.25) is 0 Å². The molecule has 8 heteroatoms. The molecular formula is C15H15FN2O4S. The number of hydrogen-bond acceptors (Lipinski definition) is 7. The maximum atomic E-state index is 13.9. The second kappa shape index (κ2) is 6.79. The van der Waals surface area contributed by atoms with E-state index < -0.39 is 29.7 Å². The topological polar surface area (TPSA) is 95.7 Å². The highest BCUT2D eigenvalue weighted by atomic mass is 32.2. The summed E-state index contributed by atoms with van der Waals surface area (Å²) in [5.41, 5.74) is 0.543. The molecule has 0 bridgehead atoms. The molecule has 0 amide bonds. The number of hydrogen-bond donors (Lipinski definition) is 3. The third kappa shape index (κ3) is 3.45. The third-order valence-electron chi connectivity index (χ3n) is 3.52. The summed E-state index contributed by atoms with van der Waals surface area (Å²) in [5.74, 6) is -0.752. The smallest absolute Gasteiger partial charge is 0.255 e. The molecule has 2 aromatic rings. The molecule has 0 spiro atoms. The van der Waals surface area contributed by atoms with E-state index in [2.05, 4.69) is 9.97 Å². The summed E-state index contributed by atoms with van der Waals surface area (Å²) in [4.78, 5) is 7.58. The van der Waals surface area contributed by atoms with Crippen molar-refractivity contribution in [2.24, 2.45) is 0 Å². The molecule has 3 rings (SSSR count). The summed E-state index contributed by atoms with van der Waals surface area (Å²) in [6, 6.07) is 4.98. The van der Waals surface area contributed by atoms with Crippen LogP contribution in [-0.4, -0.2) is 54.8 Å². The largest absolute Gasteiger partial charge is 0.472 e. The van der Waals surface area contributed by atoms with Gasteiger partial charge in [-0.25, -0.2) is 4.98 Å². The van der Waals surface area contributed by atoms with Crippen LogP contribution < -0.4 is 4.74 Å². The number of thioether (sulfide) groups is 1. The zero-order valence-corrected chi connectivity index (χ0v) is 12.7. The Balaban J connectivity index is 1.83. The second-order valence-electron chi connectivity index (χ2n) is 5.12. The molecule has 23 heavy (non-hydrogen) atoms. The number of aromatic nitrogens is 2. The van der Waals surface area contributed by atoms with Gasteiger partial charge in [-0.15, -0.1) is 11.8 Å². The molecule has 1 aliphatic rings. The molecule has 0 aromatic carbocycles. The molecule has 6 nitrogen and oxygen atoms in total. The number of aliphatic hydroxyl groups is 3. The molecule has 1 fully saturated rings. The molecule has 0 saturated carbocycles. The van der Waals surface area contributed by atoms with Crippen LogP contribution in [0, 0.1) is 5.95 Å². The lowest BCUT2D eigenvalue weighted by Gasteiger charge is -2.34. The Labute approximate surface area is 136 Å². The van der Waals surface area contributed by atoms with Crippen molar-refractivity contribution in [3.05, 3.63) is 42.7 Å². The molecular weight excluding hydrogens is 323 g/mol. The van der Waals surface area contributed by atoms with Gasteiger partial charge in [0, 0.05) is 29.9 Å². The predicted octanol–water partition coefficient (Wildman–Crippen LogP) is 0.817. The van der Waals surface area contributed by atoms with Crippen LogP contribution in [0.1, 0.15) is 0 Å². The van der Waals surface area contributed by atoms with Gasteiger partial charge in [-0.2, -0.15) is 4.39 Å². The first-order valence-corrected chi connectivity index (χ1v) is 7.99. The van der Waals surface area contributed by atoms with Crippen LogP contribution in [0.2, 0.25) is 0 Å². The van der Waals surface area contributed by atoms with Crippen LogP contribution >= 0.6 is 11.8 Å². The second-order valence-corrected chi connectivity index (χ2v) is 6.25. The first-order valence-electron chi connectivity index (χ1n) is 6.94. The van der Waals surface area contributed by atoms with Crippen LogP contribution in [0.4, 0.5) is 4.39 Å². The van der Waals surface area contributed by atoms with Crippen LogP contribution in [0.3, 0.4) is 0 Å². The Morgan fingerprint density at radius 2 is 1.87 bits per heavy atom. The fourth-order valence-electron chi connectivity index (χ4n) is 2.22. The van der Waals surface area contributed by atoms with Gasteiger partial charge in [0.1, 0.15) is 12.2 Å². The maximum Gasteiger partial charge on any atom is 0.255 e. The van der Waals surface area contributed by atoms with Crippen molar-refractivity contribution >= 4 is 11.8 Å². The fraction of sp³-hybridized carbons (Fsp3) is 0.333. The zero-order valence-electron chi connectivity index (χ0n) is 11.9. The number of halogens is 1. The molecule has 3 heterocycles. The Kier molecular flexibility index (Phi) is 4.76. The SMILES string of the molecule is O[C@@H]1[C@@H](O)[C@H](Oc2cc(-c3ccncc3)cnc2F)SC[C@H]1O. The van der Waals surface area contributed by atoms with Crippen molar-refractivity contribution in [3.63, 3.8) is 0 Å². The first-order chi connectivity index (χ1) is 11.1. The highest BCUT2D eigenvalue weighted by Crippen LogP contribution is 2.31. The fourth-order valence-corrected chi connectivity index (χ4v) is 3.33. The highest BCUT2D eigenvalue weighted by Gasteiger charge is 2.39. The average molecular weight is 338 g/mol. The molecule has 3 N–H and O–H groups in total. The van der Waals surface area contributed by atoms with Crippen molar-refractivity contribution in [1.82, 2.24) is 9.97 Å². The summed E-state index contributed by atoms with van der Waals surface area (Å²) in [5, 5.41) is 29.1. The van der Waals surface area contributed by atoms with E-state index in [4.69, 9.17) is 4.74 Å². The summed E-state index contributed by atoms with van der Waals surface area (Å²) in [6.07, 6.45) is 0.894. The van der Waals surface area contributed by atoms with E-state index >= 15 is 0 Å². The summed E-state index contributed by atoms with van der Waals surface area (Å²) < 4.78 is 19.4. The monoisotopic (exact) mass is 338 g/mol. The first kappa shape index (κ1) is 16.1. The third-order valence-corrected chi connectivity index (χ3v) is 4.76. The van der Waals surface area contributed by atoms with Gasteiger partial charge in [-0.3, -0.25) is 4.98 Å². The number of nitrogens with zero attached hydrogens (tertiary/aromatic N) is 2. The number of pyridine rings is 2. The lowest BCUT2D eigenvalue weighted by Crippen LogP contribution is -2.50. The Hall–Kier alpha value is -1.74. The average Bonchev–Trinajstić information content (AvgIpc) is 2.58. The van der Waals surface area contributed by atoms with E-state index in [0.717, 1.165) is 17.3 Å². The van der Waals surface area contributed by atoms with E-state index in [-0.39, 0.29) is 11.5 Å². The van der Waals surface area contributed by atoms with E-state index in [1.54, 1.807) is 24.5 Å². The lowest BCUT2D eigenvalue weighted by molar-refractivity contribution is -0.0790. The van der Waals surface area contributed by atoms with E-state index in [1.165, 1.54) is 12.3 Å². The van der Waals surface area contributed by atoms with E-state index in [0.29, 0.717) is 5.56 Å². The minimum atomic E-state index is -1.33. The standard InChI is InChI=1S/C15H15FN2O4S/c16-14-11(22-15-13(21)12(20)10(19)7-23-15)5-9(6-18-14)8-1-3-17-4-2-8/h1-6,10,12-13,15,19-21H,7H2/t10-,12+,13-,15-/m1/s1. The molecule has 0 radical (unpaired) electrons. The minimum Gasteiger partial charge on any atom is -0.472 e. The van der Waals surface area contributed by atoms with Crippen molar-refractivity contribution < 1.29 is 24.4 Å². The molecule has 0 aliphatic carbocycles. The van der Waals surface area contributed by atoms with Crippen LogP contribution in [0.25, 0.3) is 11.1 Å². The summed E-state index contributed by atoms with van der Waals surface area (Å²) in [6.45, 7) is 0. The number of rotatable bonds is 3. The van der Waals surface area contributed by atoms with Crippen molar-refractivity contribution in [2.75, 3.05) is 5.75 Å². The van der Waals surface area contributed by atoms with Crippen LogP contribution in [0.15, 0.2) is 36.8 Å². The quantitative estimate of drug-likeness (QED) is 0.713. The molecule has 4 atom stereocenters. The molecule has 2 aromatic heterocycles. The van der Waals surface area contributed by atoms with Gasteiger partial charge in [0.15, 0.2) is 11.2 Å². The maximum absolute atomic E-state index is 13.9. The van der Waals surface area contributed by atoms with Gasteiger partial charge in [-0.1, -0.05) is 0 Å². The van der Waals surface area contributed by atoms with E-state index in [1.807, 2.05) is 0 Å². The van der Waals surface area contributed by atoms with Gasteiger partial charge in [0.25, 0.3) is 5.95 Å². The Morgan fingerprint density at radius 3 is 2.61 bits per heavy atom. The summed E-state index contributed by atoms with van der Waals surface area (Å²) in [7, 11) is 0.